The topological polar surface area (TPSA) is 34.2 Å². The molecule has 1 aromatic rings. The van der Waals surface area contributed by atoms with Crippen molar-refractivity contribution in [3.8, 4) is 0 Å². The van der Waals surface area contributed by atoms with Gasteiger partial charge >= 0.3 is 0 Å². The van der Waals surface area contributed by atoms with Crippen molar-refractivity contribution in [1.29, 1.82) is 0 Å². The Bertz CT molecular complexity index is 299. The van der Waals surface area contributed by atoms with E-state index in [9.17, 15) is 0 Å². The third-order valence-corrected chi connectivity index (χ3v) is 2.38. The van der Waals surface area contributed by atoms with Crippen molar-refractivity contribution in [3.05, 3.63) is 29.1 Å². The Morgan fingerprint density at radius 3 is 2.93 bits per heavy atom. The van der Waals surface area contributed by atoms with Gasteiger partial charge in [0, 0.05) is 18.8 Å². The highest BCUT2D eigenvalue weighted by Gasteiger charge is 2.17. The SMILES string of the molecule is Cc1cc(C)nc(C2CNCCO2)c1. The molecule has 14 heavy (non-hydrogen) atoms. The van der Waals surface area contributed by atoms with Crippen molar-refractivity contribution >= 4 is 0 Å². The van der Waals surface area contributed by atoms with Gasteiger partial charge in [0.05, 0.1) is 12.3 Å². The molecule has 1 saturated heterocycles. The molecule has 1 aromatic heterocycles. The predicted octanol–water partition coefficient (Wildman–Crippen LogP) is 1.36. The van der Waals surface area contributed by atoms with E-state index in [1.807, 2.05) is 6.92 Å². The molecule has 0 saturated carbocycles. The zero-order valence-corrected chi connectivity index (χ0v) is 8.71. The summed E-state index contributed by atoms with van der Waals surface area (Å²) in [6, 6.07) is 4.18. The van der Waals surface area contributed by atoms with Crippen LogP contribution in [0.5, 0.6) is 0 Å². The lowest BCUT2D eigenvalue weighted by molar-refractivity contribution is 0.0249. The number of hydrogen-bond acceptors (Lipinski definition) is 3. The molecule has 0 aromatic carbocycles. The van der Waals surface area contributed by atoms with Crippen LogP contribution in [0.2, 0.25) is 0 Å². The number of nitrogens with zero attached hydrogens (tertiary/aromatic N) is 1. The standard InChI is InChI=1S/C11H16N2O/c1-8-5-9(2)13-10(6-8)11-7-12-3-4-14-11/h5-6,11-12H,3-4,7H2,1-2H3. The molecule has 1 atom stereocenters. The van der Waals surface area contributed by atoms with Gasteiger partial charge in [0.2, 0.25) is 0 Å². The van der Waals surface area contributed by atoms with Gasteiger partial charge in [-0.25, -0.2) is 0 Å². The maximum Gasteiger partial charge on any atom is 0.112 e. The Labute approximate surface area is 84.5 Å². The smallest absolute Gasteiger partial charge is 0.112 e. The van der Waals surface area contributed by atoms with Gasteiger partial charge in [0.15, 0.2) is 0 Å². The number of pyridine rings is 1. The number of morpholine rings is 1. The zero-order chi connectivity index (χ0) is 9.97. The van der Waals surface area contributed by atoms with E-state index in [-0.39, 0.29) is 6.10 Å². The summed E-state index contributed by atoms with van der Waals surface area (Å²) in [5.41, 5.74) is 3.37. The first-order valence-corrected chi connectivity index (χ1v) is 5.03. The first-order valence-electron chi connectivity index (χ1n) is 5.03. The first kappa shape index (κ1) is 9.62. The molecule has 1 aliphatic rings. The Kier molecular flexibility index (Phi) is 2.79. The molecular formula is C11H16N2O. The summed E-state index contributed by atoms with van der Waals surface area (Å²) in [5, 5.41) is 3.31. The van der Waals surface area contributed by atoms with Crippen LogP contribution in [-0.4, -0.2) is 24.7 Å². The van der Waals surface area contributed by atoms with Crippen molar-refractivity contribution in [2.75, 3.05) is 19.7 Å². The van der Waals surface area contributed by atoms with Crippen LogP contribution in [0.25, 0.3) is 0 Å². The summed E-state index contributed by atoms with van der Waals surface area (Å²) in [6.45, 7) is 6.71. The summed E-state index contributed by atoms with van der Waals surface area (Å²) in [6.07, 6.45) is 0.127. The van der Waals surface area contributed by atoms with Crippen molar-refractivity contribution in [2.24, 2.45) is 0 Å². The highest BCUT2D eigenvalue weighted by Crippen LogP contribution is 2.18. The number of rotatable bonds is 1. The van der Waals surface area contributed by atoms with E-state index >= 15 is 0 Å². The fourth-order valence-corrected chi connectivity index (χ4v) is 1.79. The third-order valence-electron chi connectivity index (χ3n) is 2.38. The molecule has 1 unspecified atom stereocenters. The Morgan fingerprint density at radius 1 is 1.43 bits per heavy atom. The van der Waals surface area contributed by atoms with Gasteiger partial charge in [0.25, 0.3) is 0 Å². The Morgan fingerprint density at radius 2 is 2.29 bits per heavy atom. The largest absolute Gasteiger partial charge is 0.369 e. The van der Waals surface area contributed by atoms with Gasteiger partial charge in [-0.05, 0) is 31.5 Å². The number of aryl methyl sites for hydroxylation is 2. The first-order chi connectivity index (χ1) is 6.75. The van der Waals surface area contributed by atoms with Gasteiger partial charge in [-0.2, -0.15) is 0 Å². The van der Waals surface area contributed by atoms with Crippen LogP contribution in [0.3, 0.4) is 0 Å². The van der Waals surface area contributed by atoms with Crippen molar-refractivity contribution in [3.63, 3.8) is 0 Å². The fraction of sp³-hybridized carbons (Fsp3) is 0.545. The third kappa shape index (κ3) is 2.11. The minimum atomic E-state index is 0.127. The molecule has 0 amide bonds. The monoisotopic (exact) mass is 192 g/mol. The van der Waals surface area contributed by atoms with Crippen molar-refractivity contribution in [2.45, 2.75) is 20.0 Å². The molecule has 0 radical (unpaired) electrons. The highest BCUT2D eigenvalue weighted by atomic mass is 16.5. The molecule has 1 N–H and O–H groups in total. The molecular weight excluding hydrogens is 176 g/mol. The average molecular weight is 192 g/mol. The minimum Gasteiger partial charge on any atom is -0.369 e. The van der Waals surface area contributed by atoms with Crippen LogP contribution in [0, 0.1) is 13.8 Å². The molecule has 0 aliphatic carbocycles. The molecule has 3 heteroatoms. The molecule has 2 heterocycles. The lowest BCUT2D eigenvalue weighted by Gasteiger charge is -2.23. The molecule has 0 spiro atoms. The Hall–Kier alpha value is -0.930. The second kappa shape index (κ2) is 4.07. The quantitative estimate of drug-likeness (QED) is 0.729. The predicted molar refractivity (Wildman–Crippen MR) is 55.3 cm³/mol. The summed E-state index contributed by atoms with van der Waals surface area (Å²) in [5.74, 6) is 0. The molecule has 0 bridgehead atoms. The van der Waals surface area contributed by atoms with E-state index in [0.717, 1.165) is 31.1 Å². The summed E-state index contributed by atoms with van der Waals surface area (Å²) >= 11 is 0. The van der Waals surface area contributed by atoms with Gasteiger partial charge in [0.1, 0.15) is 6.10 Å². The van der Waals surface area contributed by atoms with E-state index < -0.39 is 0 Å². The number of nitrogens with one attached hydrogen (secondary N) is 1. The lowest BCUT2D eigenvalue weighted by atomic mass is 10.1. The second-order valence-electron chi connectivity index (χ2n) is 3.77. The average Bonchev–Trinajstić information content (AvgIpc) is 2.18. The van der Waals surface area contributed by atoms with Crippen LogP contribution >= 0.6 is 0 Å². The van der Waals surface area contributed by atoms with E-state index in [1.165, 1.54) is 5.56 Å². The minimum absolute atomic E-state index is 0.127. The van der Waals surface area contributed by atoms with Gasteiger partial charge < -0.3 is 10.1 Å². The molecule has 1 aliphatic heterocycles. The molecule has 1 fully saturated rings. The summed E-state index contributed by atoms with van der Waals surface area (Å²) in [7, 11) is 0. The number of aromatic nitrogens is 1. The van der Waals surface area contributed by atoms with Crippen LogP contribution in [0.15, 0.2) is 12.1 Å². The maximum absolute atomic E-state index is 5.65. The molecule has 2 rings (SSSR count). The van der Waals surface area contributed by atoms with Crippen LogP contribution in [0.1, 0.15) is 23.1 Å². The van der Waals surface area contributed by atoms with Crippen molar-refractivity contribution < 1.29 is 4.74 Å². The van der Waals surface area contributed by atoms with E-state index in [0.29, 0.717) is 0 Å². The summed E-state index contributed by atoms with van der Waals surface area (Å²) < 4.78 is 5.65. The van der Waals surface area contributed by atoms with Gasteiger partial charge in [-0.1, -0.05) is 0 Å². The molecule has 3 nitrogen and oxygen atoms in total. The number of hydrogen-bond donors (Lipinski definition) is 1. The fourth-order valence-electron chi connectivity index (χ4n) is 1.79. The van der Waals surface area contributed by atoms with Crippen LogP contribution in [0.4, 0.5) is 0 Å². The van der Waals surface area contributed by atoms with Crippen LogP contribution in [-0.2, 0) is 4.74 Å². The van der Waals surface area contributed by atoms with E-state index in [2.05, 4.69) is 29.4 Å². The van der Waals surface area contributed by atoms with Gasteiger partial charge in [-0.3, -0.25) is 4.98 Å². The summed E-state index contributed by atoms with van der Waals surface area (Å²) in [4.78, 5) is 4.49. The Balaban J connectivity index is 2.21. The zero-order valence-electron chi connectivity index (χ0n) is 8.71. The number of ether oxygens (including phenoxy) is 1. The second-order valence-corrected chi connectivity index (χ2v) is 3.77. The maximum atomic E-state index is 5.65. The highest BCUT2D eigenvalue weighted by molar-refractivity contribution is 5.21. The van der Waals surface area contributed by atoms with E-state index in [4.69, 9.17) is 4.74 Å². The van der Waals surface area contributed by atoms with Crippen LogP contribution < -0.4 is 5.32 Å². The lowest BCUT2D eigenvalue weighted by Crippen LogP contribution is -2.33. The normalized spacial score (nSPS) is 22.3. The van der Waals surface area contributed by atoms with Crippen molar-refractivity contribution in [1.82, 2.24) is 10.3 Å². The van der Waals surface area contributed by atoms with Gasteiger partial charge in [-0.15, -0.1) is 0 Å². The molecule has 76 valence electrons. The van der Waals surface area contributed by atoms with E-state index in [1.54, 1.807) is 0 Å².